The zero-order chi connectivity index (χ0) is 16.2. The summed E-state index contributed by atoms with van der Waals surface area (Å²) in [7, 11) is 3.28. The average Bonchev–Trinajstić information content (AvgIpc) is 2.60. The van der Waals surface area contributed by atoms with Gasteiger partial charge < -0.3 is 25.0 Å². The Bertz CT molecular complexity index is 576. The maximum atomic E-state index is 12.5. The lowest BCUT2D eigenvalue weighted by molar-refractivity contribution is 0.185. The van der Waals surface area contributed by atoms with Crippen molar-refractivity contribution in [3.8, 4) is 11.5 Å². The SMILES string of the molecule is COc1cc2c(cc1OC)CN(C(=O)NC1CCCNC1)CC2.Cl. The van der Waals surface area contributed by atoms with E-state index in [9.17, 15) is 4.79 Å². The Morgan fingerprint density at radius 2 is 1.96 bits per heavy atom. The molecule has 1 aromatic rings. The van der Waals surface area contributed by atoms with Gasteiger partial charge in [-0.3, -0.25) is 0 Å². The first kappa shape index (κ1) is 18.7. The molecule has 2 aliphatic rings. The summed E-state index contributed by atoms with van der Waals surface area (Å²) < 4.78 is 10.7. The van der Waals surface area contributed by atoms with Crippen LogP contribution in [0.3, 0.4) is 0 Å². The zero-order valence-electron chi connectivity index (χ0n) is 14.3. The molecule has 1 fully saturated rings. The molecular formula is C17H26ClN3O3. The molecule has 1 aromatic carbocycles. The quantitative estimate of drug-likeness (QED) is 0.870. The van der Waals surface area contributed by atoms with Gasteiger partial charge >= 0.3 is 6.03 Å². The van der Waals surface area contributed by atoms with Gasteiger partial charge in [-0.05, 0) is 49.1 Å². The molecule has 3 rings (SSSR count). The minimum atomic E-state index is 0. The number of nitrogens with one attached hydrogen (secondary N) is 2. The molecule has 2 heterocycles. The van der Waals surface area contributed by atoms with Crippen molar-refractivity contribution >= 4 is 18.4 Å². The smallest absolute Gasteiger partial charge is 0.317 e. The van der Waals surface area contributed by atoms with Gasteiger partial charge in [-0.1, -0.05) is 0 Å². The highest BCUT2D eigenvalue weighted by Gasteiger charge is 2.24. The Balaban J connectivity index is 0.00000208. The van der Waals surface area contributed by atoms with Gasteiger partial charge in [0.25, 0.3) is 0 Å². The lowest BCUT2D eigenvalue weighted by Gasteiger charge is -2.32. The number of fused-ring (bicyclic) bond motifs is 1. The molecule has 7 heteroatoms. The summed E-state index contributed by atoms with van der Waals surface area (Å²) in [6.45, 7) is 3.25. The Kier molecular flexibility index (Phi) is 6.57. The number of methoxy groups -OCH3 is 2. The highest BCUT2D eigenvalue weighted by molar-refractivity contribution is 5.85. The van der Waals surface area contributed by atoms with E-state index in [4.69, 9.17) is 9.47 Å². The van der Waals surface area contributed by atoms with Crippen molar-refractivity contribution in [1.82, 2.24) is 15.5 Å². The second kappa shape index (κ2) is 8.44. The van der Waals surface area contributed by atoms with Gasteiger partial charge in [-0.15, -0.1) is 12.4 Å². The van der Waals surface area contributed by atoms with E-state index in [0.717, 1.165) is 50.2 Å². The first-order valence-electron chi connectivity index (χ1n) is 8.21. The number of carbonyl (C=O) groups is 1. The fraction of sp³-hybridized carbons (Fsp3) is 0.588. The van der Waals surface area contributed by atoms with Crippen LogP contribution >= 0.6 is 12.4 Å². The third kappa shape index (κ3) is 4.05. The molecule has 0 spiro atoms. The number of amides is 2. The topological polar surface area (TPSA) is 62.8 Å². The van der Waals surface area contributed by atoms with Crippen LogP contribution in [0.5, 0.6) is 11.5 Å². The molecule has 0 radical (unpaired) electrons. The van der Waals surface area contributed by atoms with E-state index in [1.165, 1.54) is 5.56 Å². The fourth-order valence-electron chi connectivity index (χ4n) is 3.30. The molecule has 0 bridgehead atoms. The van der Waals surface area contributed by atoms with Crippen molar-refractivity contribution < 1.29 is 14.3 Å². The molecule has 2 N–H and O–H groups in total. The van der Waals surface area contributed by atoms with Gasteiger partial charge in [0.05, 0.1) is 14.2 Å². The van der Waals surface area contributed by atoms with E-state index in [0.29, 0.717) is 12.3 Å². The Morgan fingerprint density at radius 3 is 2.58 bits per heavy atom. The van der Waals surface area contributed by atoms with E-state index in [2.05, 4.69) is 10.6 Å². The van der Waals surface area contributed by atoms with Gasteiger partial charge in [0, 0.05) is 25.7 Å². The van der Waals surface area contributed by atoms with Crippen molar-refractivity contribution in [1.29, 1.82) is 0 Å². The van der Waals surface area contributed by atoms with Crippen LogP contribution in [-0.4, -0.2) is 50.8 Å². The van der Waals surface area contributed by atoms with Crippen molar-refractivity contribution in [2.45, 2.75) is 31.8 Å². The van der Waals surface area contributed by atoms with E-state index >= 15 is 0 Å². The van der Waals surface area contributed by atoms with Gasteiger partial charge in [0.15, 0.2) is 11.5 Å². The minimum Gasteiger partial charge on any atom is -0.493 e. The predicted octanol–water partition coefficient (Wildman–Crippen LogP) is 1.95. The van der Waals surface area contributed by atoms with Gasteiger partial charge in [-0.25, -0.2) is 4.79 Å². The summed E-state index contributed by atoms with van der Waals surface area (Å²) in [6.07, 6.45) is 3.00. The Morgan fingerprint density at radius 1 is 1.25 bits per heavy atom. The van der Waals surface area contributed by atoms with Crippen molar-refractivity contribution in [3.05, 3.63) is 23.3 Å². The number of piperidine rings is 1. The molecule has 1 unspecified atom stereocenters. The van der Waals surface area contributed by atoms with E-state index in [-0.39, 0.29) is 24.5 Å². The standard InChI is InChI=1S/C17H25N3O3.ClH/c1-22-15-8-12-5-7-20(11-13(12)9-16(15)23-2)17(21)19-14-4-3-6-18-10-14;/h8-9,14,18H,3-7,10-11H2,1-2H3,(H,19,21);1H. The maximum absolute atomic E-state index is 12.5. The molecule has 0 saturated carbocycles. The highest BCUT2D eigenvalue weighted by Crippen LogP contribution is 2.33. The molecule has 134 valence electrons. The maximum Gasteiger partial charge on any atom is 0.317 e. The number of carbonyl (C=O) groups excluding carboxylic acids is 1. The minimum absolute atomic E-state index is 0. The van der Waals surface area contributed by atoms with Gasteiger partial charge in [-0.2, -0.15) is 0 Å². The van der Waals surface area contributed by atoms with Crippen LogP contribution < -0.4 is 20.1 Å². The summed E-state index contributed by atoms with van der Waals surface area (Å²) in [6, 6.07) is 4.27. The van der Waals surface area contributed by atoms with Crippen LogP contribution in [0.1, 0.15) is 24.0 Å². The first-order chi connectivity index (χ1) is 11.2. The van der Waals surface area contributed by atoms with Crippen molar-refractivity contribution in [3.63, 3.8) is 0 Å². The number of rotatable bonds is 3. The van der Waals surface area contributed by atoms with E-state index in [1.807, 2.05) is 17.0 Å². The third-order valence-electron chi connectivity index (χ3n) is 4.63. The fourth-order valence-corrected chi connectivity index (χ4v) is 3.30. The van der Waals surface area contributed by atoms with Crippen LogP contribution in [0.4, 0.5) is 4.79 Å². The van der Waals surface area contributed by atoms with Crippen LogP contribution in [-0.2, 0) is 13.0 Å². The molecule has 0 aromatic heterocycles. The monoisotopic (exact) mass is 355 g/mol. The molecule has 24 heavy (non-hydrogen) atoms. The first-order valence-corrected chi connectivity index (χ1v) is 8.21. The molecule has 2 amide bonds. The average molecular weight is 356 g/mol. The number of benzene rings is 1. The molecule has 1 saturated heterocycles. The number of ether oxygens (including phenoxy) is 2. The summed E-state index contributed by atoms with van der Waals surface area (Å²) in [5.74, 6) is 1.46. The van der Waals surface area contributed by atoms with E-state index < -0.39 is 0 Å². The second-order valence-corrected chi connectivity index (χ2v) is 6.14. The zero-order valence-corrected chi connectivity index (χ0v) is 15.1. The lowest BCUT2D eigenvalue weighted by atomic mass is 9.99. The van der Waals surface area contributed by atoms with E-state index in [1.54, 1.807) is 14.2 Å². The third-order valence-corrected chi connectivity index (χ3v) is 4.63. The number of urea groups is 1. The van der Waals surface area contributed by atoms with Crippen LogP contribution in [0.15, 0.2) is 12.1 Å². The van der Waals surface area contributed by atoms with Crippen LogP contribution in [0, 0.1) is 0 Å². The lowest BCUT2D eigenvalue weighted by Crippen LogP contribution is -2.51. The van der Waals surface area contributed by atoms with Crippen LogP contribution in [0.25, 0.3) is 0 Å². The molecule has 1 atom stereocenters. The Hall–Kier alpha value is -1.66. The molecular weight excluding hydrogens is 330 g/mol. The molecule has 6 nitrogen and oxygen atoms in total. The number of hydrogen-bond acceptors (Lipinski definition) is 4. The van der Waals surface area contributed by atoms with Gasteiger partial charge in [0.1, 0.15) is 0 Å². The summed E-state index contributed by atoms with van der Waals surface area (Å²) in [5.41, 5.74) is 2.36. The second-order valence-electron chi connectivity index (χ2n) is 6.14. The van der Waals surface area contributed by atoms with Crippen LogP contribution in [0.2, 0.25) is 0 Å². The predicted molar refractivity (Wildman–Crippen MR) is 95.3 cm³/mol. The number of hydrogen-bond donors (Lipinski definition) is 2. The summed E-state index contributed by atoms with van der Waals surface area (Å²) in [4.78, 5) is 14.4. The highest BCUT2D eigenvalue weighted by atomic mass is 35.5. The van der Waals surface area contributed by atoms with Crippen molar-refractivity contribution in [2.24, 2.45) is 0 Å². The molecule has 0 aliphatic carbocycles. The molecule has 2 aliphatic heterocycles. The Labute approximate surface area is 149 Å². The normalized spacial score (nSPS) is 19.8. The largest absolute Gasteiger partial charge is 0.493 e. The number of nitrogens with zero attached hydrogens (tertiary/aromatic N) is 1. The summed E-state index contributed by atoms with van der Waals surface area (Å²) >= 11 is 0. The summed E-state index contributed by atoms with van der Waals surface area (Å²) in [5, 5.41) is 6.46. The van der Waals surface area contributed by atoms with Crippen molar-refractivity contribution in [2.75, 3.05) is 33.9 Å². The van der Waals surface area contributed by atoms with Gasteiger partial charge in [0.2, 0.25) is 0 Å². The number of halogens is 1.